The zero-order chi connectivity index (χ0) is 20.1. The zero-order valence-corrected chi connectivity index (χ0v) is 15.8. The smallest absolute Gasteiger partial charge is 0.257 e. The SMILES string of the molecule is O=C(Nc1cccc(C(=O)N2CCOC(Cn3cccn3)C2)c1)c1cccnc1. The summed E-state index contributed by atoms with van der Waals surface area (Å²) in [5.74, 6) is -0.357. The Morgan fingerprint density at radius 1 is 1.14 bits per heavy atom. The van der Waals surface area contributed by atoms with Crippen LogP contribution in [-0.4, -0.2) is 57.3 Å². The number of anilines is 1. The van der Waals surface area contributed by atoms with Crippen LogP contribution in [-0.2, 0) is 11.3 Å². The lowest BCUT2D eigenvalue weighted by Gasteiger charge is -2.33. The number of ether oxygens (including phenoxy) is 1. The number of rotatable bonds is 5. The van der Waals surface area contributed by atoms with Crippen LogP contribution in [0.1, 0.15) is 20.7 Å². The van der Waals surface area contributed by atoms with Crippen LogP contribution in [0.15, 0.2) is 67.3 Å². The molecule has 1 N–H and O–H groups in total. The van der Waals surface area contributed by atoms with Crippen molar-refractivity contribution in [3.63, 3.8) is 0 Å². The van der Waals surface area contributed by atoms with Crippen molar-refractivity contribution in [1.29, 1.82) is 0 Å². The summed E-state index contributed by atoms with van der Waals surface area (Å²) in [7, 11) is 0. The molecule has 8 nitrogen and oxygen atoms in total. The minimum absolute atomic E-state index is 0.0868. The van der Waals surface area contributed by atoms with E-state index in [0.29, 0.717) is 43.1 Å². The van der Waals surface area contributed by atoms with Crippen LogP contribution < -0.4 is 5.32 Å². The summed E-state index contributed by atoms with van der Waals surface area (Å²) in [6, 6.07) is 12.2. The van der Waals surface area contributed by atoms with Crippen molar-refractivity contribution in [3.05, 3.63) is 78.4 Å². The molecule has 29 heavy (non-hydrogen) atoms. The molecular formula is C21H21N5O3. The number of pyridine rings is 1. The first kappa shape index (κ1) is 18.8. The van der Waals surface area contributed by atoms with E-state index in [1.54, 1.807) is 58.4 Å². The van der Waals surface area contributed by atoms with Gasteiger partial charge in [0, 0.05) is 49.1 Å². The molecule has 0 spiro atoms. The molecule has 1 aromatic carbocycles. The number of carbonyl (C=O) groups is 2. The number of nitrogens with zero attached hydrogens (tertiary/aromatic N) is 4. The Morgan fingerprint density at radius 3 is 2.83 bits per heavy atom. The average molecular weight is 391 g/mol. The lowest BCUT2D eigenvalue weighted by Crippen LogP contribution is -2.47. The molecule has 1 atom stereocenters. The van der Waals surface area contributed by atoms with Gasteiger partial charge in [0.15, 0.2) is 0 Å². The molecule has 2 amide bonds. The van der Waals surface area contributed by atoms with Gasteiger partial charge in [-0.1, -0.05) is 6.07 Å². The maximum atomic E-state index is 13.0. The molecule has 0 radical (unpaired) electrons. The molecule has 2 aromatic heterocycles. The third kappa shape index (κ3) is 4.67. The van der Waals surface area contributed by atoms with Crippen molar-refractivity contribution in [2.75, 3.05) is 25.0 Å². The molecule has 1 fully saturated rings. The summed E-state index contributed by atoms with van der Waals surface area (Å²) in [6.45, 7) is 2.10. The Balaban J connectivity index is 1.42. The van der Waals surface area contributed by atoms with Crippen molar-refractivity contribution >= 4 is 17.5 Å². The van der Waals surface area contributed by atoms with E-state index in [2.05, 4.69) is 15.4 Å². The quantitative estimate of drug-likeness (QED) is 0.719. The van der Waals surface area contributed by atoms with Crippen molar-refractivity contribution in [2.24, 2.45) is 0 Å². The fraction of sp³-hybridized carbons (Fsp3) is 0.238. The Bertz CT molecular complexity index is 975. The molecule has 1 saturated heterocycles. The number of hydrogen-bond acceptors (Lipinski definition) is 5. The van der Waals surface area contributed by atoms with E-state index in [9.17, 15) is 9.59 Å². The monoisotopic (exact) mass is 391 g/mol. The first-order chi connectivity index (χ1) is 14.2. The predicted molar refractivity (Wildman–Crippen MR) is 107 cm³/mol. The molecule has 4 rings (SSSR count). The van der Waals surface area contributed by atoms with Crippen LogP contribution in [0, 0.1) is 0 Å². The van der Waals surface area contributed by atoms with Gasteiger partial charge in [-0.15, -0.1) is 0 Å². The first-order valence-electron chi connectivity index (χ1n) is 9.39. The highest BCUT2D eigenvalue weighted by molar-refractivity contribution is 6.04. The van der Waals surface area contributed by atoms with Gasteiger partial charge in [0.25, 0.3) is 11.8 Å². The highest BCUT2D eigenvalue weighted by atomic mass is 16.5. The number of amides is 2. The molecule has 1 aliphatic rings. The van der Waals surface area contributed by atoms with Crippen LogP contribution >= 0.6 is 0 Å². The maximum absolute atomic E-state index is 13.0. The second kappa shape index (κ2) is 8.66. The van der Waals surface area contributed by atoms with Crippen LogP contribution in [0.4, 0.5) is 5.69 Å². The minimum Gasteiger partial charge on any atom is -0.373 e. The summed E-state index contributed by atoms with van der Waals surface area (Å²) in [5, 5.41) is 7.00. The number of morpholine rings is 1. The molecule has 1 aliphatic heterocycles. The Hall–Kier alpha value is -3.52. The highest BCUT2D eigenvalue weighted by Gasteiger charge is 2.25. The normalized spacial score (nSPS) is 16.4. The van der Waals surface area contributed by atoms with Gasteiger partial charge in [-0.2, -0.15) is 5.10 Å². The molecule has 0 aliphatic carbocycles. The van der Waals surface area contributed by atoms with Gasteiger partial charge in [0.05, 0.1) is 24.8 Å². The van der Waals surface area contributed by atoms with Crippen molar-refractivity contribution in [1.82, 2.24) is 19.7 Å². The third-order valence-corrected chi connectivity index (χ3v) is 4.67. The van der Waals surface area contributed by atoms with Gasteiger partial charge in [-0.05, 0) is 36.4 Å². The fourth-order valence-corrected chi connectivity index (χ4v) is 3.24. The van der Waals surface area contributed by atoms with Gasteiger partial charge in [0.2, 0.25) is 0 Å². The first-order valence-corrected chi connectivity index (χ1v) is 9.39. The predicted octanol–water partition coefficient (Wildman–Crippen LogP) is 2.07. The number of nitrogens with one attached hydrogen (secondary N) is 1. The van der Waals surface area contributed by atoms with Crippen LogP contribution in [0.25, 0.3) is 0 Å². The standard InChI is InChI=1S/C21H21N5O3/c27-20(17-5-2-7-22-13-17)24-18-6-1-4-16(12-18)21(28)25-10-11-29-19(14-25)15-26-9-3-8-23-26/h1-9,12-13,19H,10-11,14-15H2,(H,24,27). The van der Waals surface area contributed by atoms with Crippen LogP contribution in [0.2, 0.25) is 0 Å². The molecule has 1 unspecified atom stereocenters. The van der Waals surface area contributed by atoms with E-state index >= 15 is 0 Å². The van der Waals surface area contributed by atoms with E-state index in [0.717, 1.165) is 0 Å². The van der Waals surface area contributed by atoms with Gasteiger partial charge in [-0.3, -0.25) is 19.3 Å². The second-order valence-electron chi connectivity index (χ2n) is 6.75. The summed E-state index contributed by atoms with van der Waals surface area (Å²) < 4.78 is 7.57. The summed E-state index contributed by atoms with van der Waals surface area (Å²) >= 11 is 0. The minimum atomic E-state index is -0.270. The van der Waals surface area contributed by atoms with E-state index in [4.69, 9.17) is 4.74 Å². The van der Waals surface area contributed by atoms with Gasteiger partial charge in [0.1, 0.15) is 0 Å². The van der Waals surface area contributed by atoms with Gasteiger partial charge in [-0.25, -0.2) is 0 Å². The highest BCUT2D eigenvalue weighted by Crippen LogP contribution is 2.16. The van der Waals surface area contributed by atoms with Crippen molar-refractivity contribution < 1.29 is 14.3 Å². The van der Waals surface area contributed by atoms with E-state index < -0.39 is 0 Å². The third-order valence-electron chi connectivity index (χ3n) is 4.67. The van der Waals surface area contributed by atoms with Crippen molar-refractivity contribution in [3.8, 4) is 0 Å². The maximum Gasteiger partial charge on any atom is 0.257 e. The molecule has 8 heteroatoms. The second-order valence-corrected chi connectivity index (χ2v) is 6.75. The van der Waals surface area contributed by atoms with Crippen LogP contribution in [0.5, 0.6) is 0 Å². The molecule has 3 heterocycles. The topological polar surface area (TPSA) is 89.4 Å². The summed E-state index contributed by atoms with van der Waals surface area (Å²) in [4.78, 5) is 31.0. The van der Waals surface area contributed by atoms with Crippen LogP contribution in [0.3, 0.4) is 0 Å². The lowest BCUT2D eigenvalue weighted by molar-refractivity contribution is -0.0299. The summed E-state index contributed by atoms with van der Waals surface area (Å²) in [5.41, 5.74) is 1.54. The van der Waals surface area contributed by atoms with E-state index in [-0.39, 0.29) is 17.9 Å². The van der Waals surface area contributed by atoms with Gasteiger partial charge >= 0.3 is 0 Å². The average Bonchev–Trinajstić information content (AvgIpc) is 3.27. The van der Waals surface area contributed by atoms with Gasteiger partial charge < -0.3 is 15.0 Å². The number of carbonyl (C=O) groups excluding carboxylic acids is 2. The van der Waals surface area contributed by atoms with Crippen molar-refractivity contribution in [2.45, 2.75) is 12.6 Å². The Labute approximate surface area is 168 Å². The molecule has 3 aromatic rings. The fourth-order valence-electron chi connectivity index (χ4n) is 3.24. The molecule has 0 saturated carbocycles. The lowest BCUT2D eigenvalue weighted by atomic mass is 10.1. The molecular weight excluding hydrogens is 370 g/mol. The zero-order valence-electron chi connectivity index (χ0n) is 15.8. The van der Waals surface area contributed by atoms with E-state index in [1.165, 1.54) is 6.20 Å². The number of aromatic nitrogens is 3. The van der Waals surface area contributed by atoms with E-state index in [1.807, 2.05) is 12.3 Å². The molecule has 148 valence electrons. The number of hydrogen-bond donors (Lipinski definition) is 1. The Morgan fingerprint density at radius 2 is 2.03 bits per heavy atom. The largest absolute Gasteiger partial charge is 0.373 e. The Kier molecular flexibility index (Phi) is 5.62. The molecule has 0 bridgehead atoms. The number of benzene rings is 1. The summed E-state index contributed by atoms with van der Waals surface area (Å²) in [6.07, 6.45) is 6.59.